The van der Waals surface area contributed by atoms with E-state index in [9.17, 15) is 24.3 Å². The van der Waals surface area contributed by atoms with Crippen molar-refractivity contribution in [3.05, 3.63) is 88.5 Å². The summed E-state index contributed by atoms with van der Waals surface area (Å²) in [6, 6.07) is 14.2. The fourth-order valence-corrected chi connectivity index (χ4v) is 7.30. The maximum absolute atomic E-state index is 14.1. The van der Waals surface area contributed by atoms with Gasteiger partial charge in [0.1, 0.15) is 5.75 Å². The molecule has 7 rings (SSSR count). The first-order valence-electron chi connectivity index (χ1n) is 14.1. The van der Waals surface area contributed by atoms with Gasteiger partial charge in [0.15, 0.2) is 11.6 Å². The summed E-state index contributed by atoms with van der Waals surface area (Å²) in [5.41, 5.74) is 4.50. The molecule has 8 heteroatoms. The third-order valence-corrected chi connectivity index (χ3v) is 9.28. The zero-order chi connectivity index (χ0) is 28.4. The van der Waals surface area contributed by atoms with E-state index in [0.717, 1.165) is 29.9 Å². The molecule has 2 saturated heterocycles. The van der Waals surface area contributed by atoms with Gasteiger partial charge in [0.25, 0.3) is 0 Å². The Bertz CT molecular complexity index is 1580. The van der Waals surface area contributed by atoms with Gasteiger partial charge in [-0.3, -0.25) is 24.1 Å². The standard InChI is InChI=1S/C33H30N2O6/c1-18-16-27(37)26-17-25-23(28(30(26)31(18)38)19-2-8-22(36)9-3-19)10-11-24-29(25)33(40)35(32(24)39)21-6-4-20(5-7-21)34-12-14-41-15-13-34/h2-10,16,24-25,28-29,36H,11-15,17H2,1H3. The molecule has 2 fully saturated rings. The smallest absolute Gasteiger partial charge is 0.238 e. The van der Waals surface area contributed by atoms with Gasteiger partial charge in [-0.2, -0.15) is 0 Å². The molecule has 0 radical (unpaired) electrons. The first-order valence-corrected chi connectivity index (χ1v) is 14.1. The molecule has 2 aromatic carbocycles. The molecule has 208 valence electrons. The van der Waals surface area contributed by atoms with Crippen molar-refractivity contribution in [3.8, 4) is 5.75 Å². The lowest BCUT2D eigenvalue weighted by molar-refractivity contribution is -0.123. The molecular weight excluding hydrogens is 520 g/mol. The fraction of sp³-hybridized carbons (Fsp3) is 0.333. The molecule has 41 heavy (non-hydrogen) atoms. The predicted octanol–water partition coefficient (Wildman–Crippen LogP) is 3.86. The fourth-order valence-electron chi connectivity index (χ4n) is 7.30. The molecule has 3 aliphatic carbocycles. The average Bonchev–Trinajstić information content (AvgIpc) is 3.25. The molecule has 2 heterocycles. The molecule has 2 aromatic rings. The van der Waals surface area contributed by atoms with E-state index in [1.807, 2.05) is 30.3 Å². The molecule has 4 atom stereocenters. The minimum Gasteiger partial charge on any atom is -0.508 e. The summed E-state index contributed by atoms with van der Waals surface area (Å²) in [7, 11) is 0. The third-order valence-electron chi connectivity index (χ3n) is 9.28. The van der Waals surface area contributed by atoms with E-state index >= 15 is 0 Å². The highest BCUT2D eigenvalue weighted by molar-refractivity contribution is 6.25. The number of phenols is 1. The predicted molar refractivity (Wildman–Crippen MR) is 151 cm³/mol. The van der Waals surface area contributed by atoms with E-state index in [1.54, 1.807) is 31.2 Å². The van der Waals surface area contributed by atoms with Gasteiger partial charge in [-0.15, -0.1) is 0 Å². The van der Waals surface area contributed by atoms with Crippen molar-refractivity contribution in [1.82, 2.24) is 0 Å². The highest BCUT2D eigenvalue weighted by Gasteiger charge is 2.56. The van der Waals surface area contributed by atoms with E-state index in [-0.39, 0.29) is 41.5 Å². The van der Waals surface area contributed by atoms with Crippen LogP contribution in [0.1, 0.15) is 31.2 Å². The number of ether oxygens (including phenoxy) is 1. The number of hydrogen-bond donors (Lipinski definition) is 1. The second-order valence-corrected chi connectivity index (χ2v) is 11.4. The van der Waals surface area contributed by atoms with Crippen LogP contribution in [-0.2, 0) is 23.9 Å². The van der Waals surface area contributed by atoms with Gasteiger partial charge in [-0.05, 0) is 73.7 Å². The van der Waals surface area contributed by atoms with E-state index in [2.05, 4.69) is 4.90 Å². The van der Waals surface area contributed by atoms with Crippen molar-refractivity contribution in [2.45, 2.75) is 25.7 Å². The summed E-state index contributed by atoms with van der Waals surface area (Å²) in [6.45, 7) is 4.56. The van der Waals surface area contributed by atoms with Gasteiger partial charge >= 0.3 is 0 Å². The van der Waals surface area contributed by atoms with Crippen molar-refractivity contribution in [2.75, 3.05) is 36.1 Å². The summed E-state index contributed by atoms with van der Waals surface area (Å²) in [4.78, 5) is 58.0. The molecule has 0 bridgehead atoms. The van der Waals surface area contributed by atoms with Crippen LogP contribution in [-0.4, -0.2) is 54.8 Å². The quantitative estimate of drug-likeness (QED) is 0.352. The van der Waals surface area contributed by atoms with Crippen molar-refractivity contribution < 1.29 is 29.0 Å². The number of aromatic hydroxyl groups is 1. The second kappa shape index (κ2) is 9.66. The van der Waals surface area contributed by atoms with Crippen LogP contribution in [0.4, 0.5) is 11.4 Å². The molecular formula is C33H30N2O6. The Balaban J connectivity index is 1.25. The molecule has 2 amide bonds. The van der Waals surface area contributed by atoms with E-state index in [0.29, 0.717) is 42.0 Å². The molecule has 2 aliphatic heterocycles. The highest BCUT2D eigenvalue weighted by Crippen LogP contribution is 2.55. The monoisotopic (exact) mass is 550 g/mol. The summed E-state index contributed by atoms with van der Waals surface area (Å²) in [6.07, 6.45) is 4.02. The lowest BCUT2D eigenvalue weighted by Gasteiger charge is -2.42. The Morgan fingerprint density at radius 2 is 1.54 bits per heavy atom. The Hall–Kier alpha value is -4.30. The van der Waals surface area contributed by atoms with E-state index in [4.69, 9.17) is 4.74 Å². The first kappa shape index (κ1) is 25.7. The minimum atomic E-state index is -0.620. The number of nitrogens with zero attached hydrogens (tertiary/aromatic N) is 2. The number of benzene rings is 2. The Morgan fingerprint density at radius 3 is 2.24 bits per heavy atom. The van der Waals surface area contributed by atoms with Gasteiger partial charge in [0, 0.05) is 41.4 Å². The second-order valence-electron chi connectivity index (χ2n) is 11.4. The number of allylic oxidation sites excluding steroid dienone is 6. The first-order chi connectivity index (χ1) is 19.8. The Kier molecular flexibility index (Phi) is 6.05. The topological polar surface area (TPSA) is 104 Å². The lowest BCUT2D eigenvalue weighted by Crippen LogP contribution is -2.39. The number of carbonyl (C=O) groups is 4. The normalized spacial score (nSPS) is 27.8. The van der Waals surface area contributed by atoms with E-state index in [1.165, 1.54) is 11.0 Å². The zero-order valence-electron chi connectivity index (χ0n) is 22.7. The van der Waals surface area contributed by atoms with Gasteiger partial charge < -0.3 is 14.7 Å². The van der Waals surface area contributed by atoms with Crippen molar-refractivity contribution in [1.29, 1.82) is 0 Å². The van der Waals surface area contributed by atoms with Crippen LogP contribution in [0.2, 0.25) is 0 Å². The summed E-state index contributed by atoms with van der Waals surface area (Å²) < 4.78 is 5.44. The summed E-state index contributed by atoms with van der Waals surface area (Å²) in [5.74, 6) is -2.82. The number of phenolic OH excluding ortho intramolecular Hbond substituents is 1. The molecule has 5 aliphatic rings. The van der Waals surface area contributed by atoms with Crippen LogP contribution in [0.3, 0.4) is 0 Å². The number of imide groups is 1. The van der Waals surface area contributed by atoms with Gasteiger partial charge in [-0.1, -0.05) is 23.8 Å². The average molecular weight is 551 g/mol. The van der Waals surface area contributed by atoms with Crippen molar-refractivity contribution in [3.63, 3.8) is 0 Å². The van der Waals surface area contributed by atoms with Crippen molar-refractivity contribution >= 4 is 34.8 Å². The third kappa shape index (κ3) is 4.00. The van der Waals surface area contributed by atoms with Crippen LogP contribution >= 0.6 is 0 Å². The summed E-state index contributed by atoms with van der Waals surface area (Å²) in [5, 5.41) is 9.92. The zero-order valence-corrected chi connectivity index (χ0v) is 22.7. The summed E-state index contributed by atoms with van der Waals surface area (Å²) >= 11 is 0. The number of rotatable bonds is 3. The van der Waals surface area contributed by atoms with Crippen LogP contribution in [0.15, 0.2) is 83.0 Å². The molecule has 0 aromatic heterocycles. The van der Waals surface area contributed by atoms with Crippen LogP contribution in [0, 0.1) is 17.8 Å². The largest absolute Gasteiger partial charge is 0.508 e. The number of anilines is 2. The van der Waals surface area contributed by atoms with Crippen molar-refractivity contribution in [2.24, 2.45) is 17.8 Å². The molecule has 4 unspecified atom stereocenters. The number of fused-ring (bicyclic) bond motifs is 3. The number of carbonyl (C=O) groups excluding carboxylic acids is 4. The maximum atomic E-state index is 14.1. The van der Waals surface area contributed by atoms with E-state index < -0.39 is 17.8 Å². The van der Waals surface area contributed by atoms with Gasteiger partial charge in [0.2, 0.25) is 11.8 Å². The highest BCUT2D eigenvalue weighted by atomic mass is 16.5. The maximum Gasteiger partial charge on any atom is 0.238 e. The van der Waals surface area contributed by atoms with Crippen LogP contribution in [0.5, 0.6) is 5.75 Å². The Morgan fingerprint density at radius 1 is 0.854 bits per heavy atom. The lowest BCUT2D eigenvalue weighted by atomic mass is 9.59. The number of Topliss-reactive ketones (excluding diaryl/α,β-unsaturated/α-hetero) is 1. The number of hydrogen-bond acceptors (Lipinski definition) is 7. The number of morpholine rings is 1. The number of ketones is 2. The number of amides is 2. The van der Waals surface area contributed by atoms with Gasteiger partial charge in [-0.25, -0.2) is 0 Å². The Labute approximate surface area is 237 Å². The van der Waals surface area contributed by atoms with Crippen LogP contribution < -0.4 is 9.80 Å². The van der Waals surface area contributed by atoms with Crippen LogP contribution in [0.25, 0.3) is 0 Å². The molecule has 0 spiro atoms. The minimum absolute atomic E-state index is 0.0990. The molecule has 1 N–H and O–H groups in total. The van der Waals surface area contributed by atoms with Gasteiger partial charge in [0.05, 0.1) is 30.7 Å². The molecule has 0 saturated carbocycles. The SMILES string of the molecule is CC1=CC(=O)C2=C(C1=O)C(c1ccc(O)cc1)C1=CCC3C(=O)N(c4ccc(N5CCOCC5)cc4)C(=O)C3C1C2. The molecule has 8 nitrogen and oxygen atoms in total.